The zero-order chi connectivity index (χ0) is 13.9. The molecule has 1 amide bonds. The number of rotatable bonds is 2. The molecule has 1 aromatic heterocycles. The molecule has 0 bridgehead atoms. The number of hydrogen-bond donors (Lipinski definition) is 1. The minimum absolute atomic E-state index is 0.0811. The molecule has 0 saturated carbocycles. The first-order valence-electron chi connectivity index (χ1n) is 6.73. The smallest absolute Gasteiger partial charge is 0.291 e. The molecule has 104 valence electrons. The summed E-state index contributed by atoms with van der Waals surface area (Å²) in [6, 6.07) is 10.3. The van der Waals surface area contributed by atoms with Gasteiger partial charge in [-0.2, -0.15) is 0 Å². The minimum atomic E-state index is -0.0811. The number of oxazole rings is 1. The Morgan fingerprint density at radius 3 is 2.90 bits per heavy atom. The molecule has 1 aliphatic rings. The van der Waals surface area contributed by atoms with Gasteiger partial charge in [-0.15, -0.1) is 0 Å². The molecule has 20 heavy (non-hydrogen) atoms. The van der Waals surface area contributed by atoms with Crippen LogP contribution in [0.4, 0.5) is 0 Å². The number of aryl methyl sites for hydroxylation is 1. The molecule has 5 nitrogen and oxygen atoms in total. The highest BCUT2D eigenvalue weighted by Crippen LogP contribution is 2.19. The first-order chi connectivity index (χ1) is 9.75. The Bertz CT molecular complexity index is 594. The molecule has 1 fully saturated rings. The highest BCUT2D eigenvalue weighted by Gasteiger charge is 2.27. The van der Waals surface area contributed by atoms with E-state index in [0.717, 1.165) is 6.54 Å². The maximum Gasteiger partial charge on any atom is 0.291 e. The van der Waals surface area contributed by atoms with E-state index in [2.05, 4.69) is 22.4 Å². The van der Waals surface area contributed by atoms with E-state index in [-0.39, 0.29) is 11.9 Å². The van der Waals surface area contributed by atoms with Crippen molar-refractivity contribution in [3.63, 3.8) is 0 Å². The number of amides is 1. The van der Waals surface area contributed by atoms with E-state index in [0.29, 0.717) is 24.5 Å². The number of piperazine rings is 1. The molecular formula is C15H17N3O2. The molecule has 5 heteroatoms. The van der Waals surface area contributed by atoms with E-state index < -0.39 is 0 Å². The van der Waals surface area contributed by atoms with Crippen LogP contribution in [0.15, 0.2) is 41.1 Å². The molecule has 1 aliphatic heterocycles. The first-order valence-corrected chi connectivity index (χ1v) is 6.73. The first kappa shape index (κ1) is 12.9. The van der Waals surface area contributed by atoms with Gasteiger partial charge in [0.05, 0.1) is 5.69 Å². The van der Waals surface area contributed by atoms with Crippen molar-refractivity contribution < 1.29 is 9.21 Å². The van der Waals surface area contributed by atoms with Gasteiger partial charge in [-0.25, -0.2) is 4.98 Å². The number of benzene rings is 1. The van der Waals surface area contributed by atoms with E-state index in [9.17, 15) is 4.79 Å². The van der Waals surface area contributed by atoms with Crippen molar-refractivity contribution in [2.75, 3.05) is 19.6 Å². The van der Waals surface area contributed by atoms with Crippen molar-refractivity contribution in [3.05, 3.63) is 53.7 Å². The molecule has 2 aromatic rings. The Kier molecular flexibility index (Phi) is 3.52. The Morgan fingerprint density at radius 2 is 2.20 bits per heavy atom. The number of nitrogens with one attached hydrogen (secondary N) is 1. The van der Waals surface area contributed by atoms with E-state index >= 15 is 0 Å². The Morgan fingerprint density at radius 1 is 1.40 bits per heavy atom. The van der Waals surface area contributed by atoms with Crippen molar-refractivity contribution in [2.24, 2.45) is 0 Å². The summed E-state index contributed by atoms with van der Waals surface area (Å²) >= 11 is 0. The average Bonchev–Trinajstić information content (AvgIpc) is 2.94. The lowest BCUT2D eigenvalue weighted by atomic mass is 10.0. The van der Waals surface area contributed by atoms with Crippen LogP contribution in [0.3, 0.4) is 0 Å². The fraction of sp³-hybridized carbons (Fsp3) is 0.333. The van der Waals surface area contributed by atoms with Gasteiger partial charge < -0.3 is 14.6 Å². The predicted molar refractivity (Wildman–Crippen MR) is 74.3 cm³/mol. The highest BCUT2D eigenvalue weighted by atomic mass is 16.3. The van der Waals surface area contributed by atoms with Gasteiger partial charge in [0.15, 0.2) is 6.39 Å². The number of carbonyl (C=O) groups is 1. The van der Waals surface area contributed by atoms with Gasteiger partial charge >= 0.3 is 0 Å². The molecular weight excluding hydrogens is 254 g/mol. The van der Waals surface area contributed by atoms with Gasteiger partial charge in [0.25, 0.3) is 5.91 Å². The molecule has 0 radical (unpaired) electrons. The van der Waals surface area contributed by atoms with Crippen LogP contribution in [0.25, 0.3) is 0 Å². The SMILES string of the molecule is Cc1ncoc1C(=O)N1CCNC(c2ccccc2)C1. The largest absolute Gasteiger partial charge is 0.438 e. The van der Waals surface area contributed by atoms with Crippen LogP contribution in [0, 0.1) is 6.92 Å². The van der Waals surface area contributed by atoms with Crippen LogP contribution in [-0.2, 0) is 0 Å². The van der Waals surface area contributed by atoms with Crippen molar-refractivity contribution in [1.29, 1.82) is 0 Å². The standard InChI is InChI=1S/C15H17N3O2/c1-11-14(20-10-17-11)15(19)18-8-7-16-13(9-18)12-5-3-2-4-6-12/h2-6,10,13,16H,7-9H2,1H3. The van der Waals surface area contributed by atoms with Crippen LogP contribution < -0.4 is 5.32 Å². The molecule has 1 aromatic carbocycles. The second kappa shape index (κ2) is 5.46. The maximum absolute atomic E-state index is 12.4. The third-order valence-electron chi connectivity index (χ3n) is 3.60. The van der Waals surface area contributed by atoms with E-state index in [1.165, 1.54) is 12.0 Å². The van der Waals surface area contributed by atoms with Crippen molar-refractivity contribution in [1.82, 2.24) is 15.2 Å². The summed E-state index contributed by atoms with van der Waals surface area (Å²) in [5.41, 5.74) is 1.84. The second-order valence-electron chi connectivity index (χ2n) is 4.94. The number of carbonyl (C=O) groups excluding carboxylic acids is 1. The fourth-order valence-electron chi connectivity index (χ4n) is 2.49. The molecule has 2 heterocycles. The van der Waals surface area contributed by atoms with Gasteiger partial charge in [-0.05, 0) is 12.5 Å². The minimum Gasteiger partial charge on any atom is -0.438 e. The summed E-state index contributed by atoms with van der Waals surface area (Å²) in [7, 11) is 0. The van der Waals surface area contributed by atoms with E-state index in [1.807, 2.05) is 23.1 Å². The summed E-state index contributed by atoms with van der Waals surface area (Å²) in [5.74, 6) is 0.265. The Labute approximate surface area is 117 Å². The Balaban J connectivity index is 1.76. The molecule has 0 aliphatic carbocycles. The summed E-state index contributed by atoms with van der Waals surface area (Å²) in [4.78, 5) is 18.2. The van der Waals surface area contributed by atoms with E-state index in [4.69, 9.17) is 4.42 Å². The predicted octanol–water partition coefficient (Wildman–Crippen LogP) is 1.77. The molecule has 1 unspecified atom stereocenters. The normalized spacial score (nSPS) is 19.1. The molecule has 0 spiro atoms. The molecule has 1 saturated heterocycles. The summed E-state index contributed by atoms with van der Waals surface area (Å²) in [6.07, 6.45) is 1.32. The molecule has 3 rings (SSSR count). The van der Waals surface area contributed by atoms with Crippen molar-refractivity contribution in [2.45, 2.75) is 13.0 Å². The summed E-state index contributed by atoms with van der Waals surface area (Å²) < 4.78 is 5.20. The van der Waals surface area contributed by atoms with Gasteiger partial charge in [-0.1, -0.05) is 30.3 Å². The van der Waals surface area contributed by atoms with Gasteiger partial charge in [0, 0.05) is 25.7 Å². The number of nitrogens with zero attached hydrogens (tertiary/aromatic N) is 2. The van der Waals surface area contributed by atoms with Gasteiger partial charge in [0.1, 0.15) is 0 Å². The van der Waals surface area contributed by atoms with E-state index in [1.54, 1.807) is 6.92 Å². The van der Waals surface area contributed by atoms with Crippen molar-refractivity contribution in [3.8, 4) is 0 Å². The number of hydrogen-bond acceptors (Lipinski definition) is 4. The third-order valence-corrected chi connectivity index (χ3v) is 3.60. The fourth-order valence-corrected chi connectivity index (χ4v) is 2.49. The van der Waals surface area contributed by atoms with Crippen molar-refractivity contribution >= 4 is 5.91 Å². The van der Waals surface area contributed by atoms with Gasteiger partial charge in [0.2, 0.25) is 5.76 Å². The van der Waals surface area contributed by atoms with Crippen LogP contribution in [-0.4, -0.2) is 35.4 Å². The summed E-state index contributed by atoms with van der Waals surface area (Å²) in [5, 5.41) is 3.44. The monoisotopic (exact) mass is 271 g/mol. The van der Waals surface area contributed by atoms with Crippen LogP contribution in [0.1, 0.15) is 27.9 Å². The zero-order valence-electron chi connectivity index (χ0n) is 11.4. The lowest BCUT2D eigenvalue weighted by Gasteiger charge is -2.33. The van der Waals surface area contributed by atoms with Crippen LogP contribution >= 0.6 is 0 Å². The molecule has 1 atom stereocenters. The zero-order valence-corrected chi connectivity index (χ0v) is 11.4. The Hall–Kier alpha value is -2.14. The van der Waals surface area contributed by atoms with Crippen LogP contribution in [0.2, 0.25) is 0 Å². The third kappa shape index (κ3) is 2.44. The lowest BCUT2D eigenvalue weighted by Crippen LogP contribution is -2.48. The van der Waals surface area contributed by atoms with Crippen LogP contribution in [0.5, 0.6) is 0 Å². The molecule has 1 N–H and O–H groups in total. The number of aromatic nitrogens is 1. The highest BCUT2D eigenvalue weighted by molar-refractivity contribution is 5.92. The summed E-state index contributed by atoms with van der Waals surface area (Å²) in [6.45, 7) is 3.89. The van der Waals surface area contributed by atoms with Gasteiger partial charge in [-0.3, -0.25) is 4.79 Å². The quantitative estimate of drug-likeness (QED) is 0.904. The topological polar surface area (TPSA) is 58.4 Å². The second-order valence-corrected chi connectivity index (χ2v) is 4.94. The maximum atomic E-state index is 12.4. The average molecular weight is 271 g/mol. The lowest BCUT2D eigenvalue weighted by molar-refractivity contribution is 0.0670.